The Morgan fingerprint density at radius 2 is 2.17 bits per heavy atom. The van der Waals surface area contributed by atoms with Gasteiger partial charge in [-0.05, 0) is 19.4 Å². The predicted molar refractivity (Wildman–Crippen MR) is 99.9 cm³/mol. The van der Waals surface area contributed by atoms with E-state index < -0.39 is 58.5 Å². The zero-order chi connectivity index (χ0) is 23.4. The molecule has 2 N–H and O–H groups in total. The number of carbonyl (C=O) groups excluding carboxylic acids is 2. The fraction of sp³-hybridized carbons (Fsp3) is 0.350. The molecule has 2 aliphatic heterocycles. The highest BCUT2D eigenvalue weighted by molar-refractivity contribution is 5.99. The highest BCUT2D eigenvalue weighted by atomic mass is 19.1. The molecule has 10 heteroatoms. The summed E-state index contributed by atoms with van der Waals surface area (Å²) in [5, 5.41) is 12.3. The lowest BCUT2D eigenvalue weighted by molar-refractivity contribution is -0.112. The van der Waals surface area contributed by atoms with Crippen LogP contribution in [-0.4, -0.2) is 45.3 Å². The highest BCUT2D eigenvalue weighted by Gasteiger charge is 2.41. The number of carbonyl (C=O) groups is 2. The van der Waals surface area contributed by atoms with E-state index in [-0.39, 0.29) is 18.3 Å². The van der Waals surface area contributed by atoms with E-state index >= 15 is 0 Å². The van der Waals surface area contributed by atoms with Gasteiger partial charge in [0.2, 0.25) is 5.43 Å². The van der Waals surface area contributed by atoms with Crippen molar-refractivity contribution in [2.24, 2.45) is 0 Å². The van der Waals surface area contributed by atoms with Crippen molar-refractivity contribution in [3.8, 4) is 5.75 Å². The van der Waals surface area contributed by atoms with Gasteiger partial charge in [-0.15, -0.1) is 0 Å². The van der Waals surface area contributed by atoms with E-state index in [1.165, 1.54) is 9.47 Å². The molecule has 0 aliphatic carbocycles. The number of nitrogens with one attached hydrogen (secondary N) is 1. The van der Waals surface area contributed by atoms with E-state index in [0.717, 1.165) is 18.3 Å². The maximum atomic E-state index is 14.0. The van der Waals surface area contributed by atoms with Crippen molar-refractivity contribution in [3.05, 3.63) is 63.1 Å². The third kappa shape index (κ3) is 3.32. The van der Waals surface area contributed by atoms with E-state index in [4.69, 9.17) is 7.48 Å². The van der Waals surface area contributed by atoms with E-state index in [0.29, 0.717) is 19.1 Å². The van der Waals surface area contributed by atoms with Crippen molar-refractivity contribution in [1.29, 1.82) is 0 Å². The molecule has 0 bridgehead atoms. The summed E-state index contributed by atoms with van der Waals surface area (Å²) < 4.78 is 49.9. The van der Waals surface area contributed by atoms with Crippen LogP contribution < -0.4 is 10.7 Å². The second kappa shape index (κ2) is 7.52. The molecule has 158 valence electrons. The molecular formula is C20H19F2N3O5. The third-order valence-electron chi connectivity index (χ3n) is 5.16. The lowest BCUT2D eigenvalue weighted by atomic mass is 10.1. The number of aromatic hydroxyl groups is 1. The zero-order valence-corrected chi connectivity index (χ0v) is 15.8. The molecule has 2 aliphatic rings. The Hall–Kier alpha value is -3.27. The van der Waals surface area contributed by atoms with Gasteiger partial charge in [0, 0.05) is 30.4 Å². The number of aromatic nitrogens is 1. The number of hydrogen-bond donors (Lipinski definition) is 2. The number of benzene rings is 1. The Kier molecular flexibility index (Phi) is 4.41. The maximum absolute atomic E-state index is 14.0. The minimum absolute atomic E-state index is 0.0407. The van der Waals surface area contributed by atoms with Crippen molar-refractivity contribution in [2.45, 2.75) is 38.7 Å². The van der Waals surface area contributed by atoms with Crippen LogP contribution in [-0.2, 0) is 17.8 Å². The number of hydrogen-bond acceptors (Lipinski definition) is 5. The molecule has 2 amide bonds. The molecule has 2 atom stereocenters. The quantitative estimate of drug-likeness (QED) is 0.779. The molecule has 2 aromatic rings. The molecule has 1 aromatic carbocycles. The van der Waals surface area contributed by atoms with Crippen LogP contribution in [0.15, 0.2) is 29.2 Å². The first kappa shape index (κ1) is 17.6. The Balaban J connectivity index is 1.70. The second-order valence-electron chi connectivity index (χ2n) is 7.10. The van der Waals surface area contributed by atoms with E-state index in [1.807, 2.05) is 12.2 Å². The van der Waals surface area contributed by atoms with Gasteiger partial charge >= 0.3 is 0 Å². The molecule has 8 nitrogen and oxygen atoms in total. The first-order valence-corrected chi connectivity index (χ1v) is 9.20. The van der Waals surface area contributed by atoms with Gasteiger partial charge in [-0.1, -0.05) is 6.07 Å². The minimum atomic E-state index is -2.80. The SMILES string of the molecule is [2H]C([2H])(NC(=O)c1cn2c(c(O)c1=O)C(=O)N1[C@H](C)CCO[C@H]1C2)c1ccc(F)cc1F. The summed E-state index contributed by atoms with van der Waals surface area (Å²) in [6.07, 6.45) is 0.959. The number of pyridine rings is 1. The first-order valence-electron chi connectivity index (χ1n) is 10.2. The van der Waals surface area contributed by atoms with Gasteiger partial charge in [0.1, 0.15) is 17.2 Å². The molecule has 0 radical (unpaired) electrons. The summed E-state index contributed by atoms with van der Waals surface area (Å²) in [6, 6.07) is 1.94. The van der Waals surface area contributed by atoms with Crippen LogP contribution in [0.3, 0.4) is 0 Å². The zero-order valence-electron chi connectivity index (χ0n) is 17.8. The van der Waals surface area contributed by atoms with Crippen LogP contribution in [0.1, 0.15) is 42.5 Å². The van der Waals surface area contributed by atoms with Crippen molar-refractivity contribution < 1.29 is 31.0 Å². The topological polar surface area (TPSA) is 101 Å². The van der Waals surface area contributed by atoms with E-state index in [9.17, 15) is 28.3 Å². The lowest BCUT2D eigenvalue weighted by Gasteiger charge is -2.44. The normalized spacial score (nSPS) is 22.0. The van der Waals surface area contributed by atoms with Crippen LogP contribution in [0.25, 0.3) is 0 Å². The molecule has 0 spiro atoms. The number of fused-ring (bicyclic) bond motifs is 2. The van der Waals surface area contributed by atoms with E-state index in [2.05, 4.69) is 0 Å². The van der Waals surface area contributed by atoms with Gasteiger partial charge in [-0.3, -0.25) is 14.4 Å². The molecule has 0 saturated carbocycles. The summed E-state index contributed by atoms with van der Waals surface area (Å²) >= 11 is 0. The van der Waals surface area contributed by atoms with E-state index in [1.54, 1.807) is 0 Å². The Morgan fingerprint density at radius 1 is 1.40 bits per heavy atom. The average molecular weight is 421 g/mol. The molecule has 3 heterocycles. The molecule has 0 unspecified atom stereocenters. The Labute approximate surface area is 172 Å². The fourth-order valence-electron chi connectivity index (χ4n) is 3.60. The summed E-state index contributed by atoms with van der Waals surface area (Å²) in [5.74, 6) is -4.98. The van der Waals surface area contributed by atoms with Gasteiger partial charge in [-0.2, -0.15) is 0 Å². The van der Waals surface area contributed by atoms with Crippen LogP contribution in [0.2, 0.25) is 0 Å². The van der Waals surface area contributed by atoms with Crippen molar-refractivity contribution >= 4 is 11.8 Å². The lowest BCUT2D eigenvalue weighted by Crippen LogP contribution is -2.57. The molecular weight excluding hydrogens is 400 g/mol. The Morgan fingerprint density at radius 3 is 2.90 bits per heavy atom. The number of rotatable bonds is 3. The second-order valence-corrected chi connectivity index (χ2v) is 7.10. The monoisotopic (exact) mass is 421 g/mol. The number of ether oxygens (including phenoxy) is 1. The van der Waals surface area contributed by atoms with Crippen LogP contribution in [0, 0.1) is 11.6 Å². The molecule has 1 saturated heterocycles. The molecule has 1 aromatic heterocycles. The van der Waals surface area contributed by atoms with Crippen molar-refractivity contribution in [2.75, 3.05) is 6.61 Å². The summed E-state index contributed by atoms with van der Waals surface area (Å²) in [5.41, 5.74) is -2.78. The fourth-order valence-corrected chi connectivity index (χ4v) is 3.60. The number of halogens is 2. The summed E-state index contributed by atoms with van der Waals surface area (Å²) in [6.45, 7) is -0.532. The smallest absolute Gasteiger partial charge is 0.276 e. The van der Waals surface area contributed by atoms with Crippen LogP contribution in [0.5, 0.6) is 5.75 Å². The first-order chi connectivity index (χ1) is 15.0. The minimum Gasteiger partial charge on any atom is -0.503 e. The summed E-state index contributed by atoms with van der Waals surface area (Å²) in [7, 11) is 0. The predicted octanol–water partition coefficient (Wildman–Crippen LogP) is 1.35. The molecule has 30 heavy (non-hydrogen) atoms. The van der Waals surface area contributed by atoms with Crippen LogP contribution >= 0.6 is 0 Å². The van der Waals surface area contributed by atoms with Crippen LogP contribution in [0.4, 0.5) is 8.78 Å². The highest BCUT2D eigenvalue weighted by Crippen LogP contribution is 2.29. The van der Waals surface area contributed by atoms with Gasteiger partial charge in [0.25, 0.3) is 11.8 Å². The average Bonchev–Trinajstić information content (AvgIpc) is 2.69. The third-order valence-corrected chi connectivity index (χ3v) is 5.16. The number of nitrogens with zero attached hydrogens (tertiary/aromatic N) is 2. The standard InChI is InChI=1S/C20H19F2N3O5/c1-10-4-5-30-15-9-24-8-13(17(26)18(27)16(24)20(29)25(10)15)19(28)23-7-11-2-3-12(21)6-14(11)22/h2-3,6,8,10,15,27H,4-5,7,9H2,1H3,(H,23,28)/t10-,15+/m1/s1/i7D2. The van der Waals surface area contributed by atoms with Gasteiger partial charge in [0.05, 0.1) is 15.9 Å². The Bertz CT molecular complexity index is 1190. The maximum Gasteiger partial charge on any atom is 0.276 e. The van der Waals surface area contributed by atoms with Crippen molar-refractivity contribution in [3.63, 3.8) is 0 Å². The van der Waals surface area contributed by atoms with Gasteiger partial charge in [-0.25, -0.2) is 8.78 Å². The largest absolute Gasteiger partial charge is 0.503 e. The number of amides is 2. The van der Waals surface area contributed by atoms with Crippen molar-refractivity contribution in [1.82, 2.24) is 14.8 Å². The van der Waals surface area contributed by atoms with Gasteiger partial charge in [0.15, 0.2) is 17.7 Å². The molecule has 1 fully saturated rings. The van der Waals surface area contributed by atoms with Gasteiger partial charge < -0.3 is 24.6 Å². The summed E-state index contributed by atoms with van der Waals surface area (Å²) in [4.78, 5) is 39.6. The molecule has 4 rings (SSSR count).